The Kier molecular flexibility index (Phi) is 4.76. The van der Waals surface area contributed by atoms with E-state index in [-0.39, 0.29) is 51.4 Å². The molecule has 1 aromatic heterocycles. The zero-order valence-electron chi connectivity index (χ0n) is 6.51. The third kappa shape index (κ3) is 2.97. The molecule has 1 heterocycles. The first kappa shape index (κ1) is 11.0. The Labute approximate surface area is 120 Å². The summed E-state index contributed by atoms with van der Waals surface area (Å²) in [5, 5.41) is 7.81. The Morgan fingerprint density at radius 1 is 0.846 bits per heavy atom. The Hall–Kier alpha value is -0.0636. The largest absolute Gasteiger partial charge is 0.159 e. The van der Waals surface area contributed by atoms with Crippen molar-refractivity contribution in [2.24, 2.45) is 0 Å². The van der Waals surface area contributed by atoms with Gasteiger partial charge in [-0.15, -0.1) is 0 Å². The summed E-state index contributed by atoms with van der Waals surface area (Å²) in [5.74, 6) is 0. The predicted octanol–water partition coefficient (Wildman–Crippen LogP) is 1.50. The summed E-state index contributed by atoms with van der Waals surface area (Å²) in [6.07, 6.45) is 1.67. The van der Waals surface area contributed by atoms with E-state index in [4.69, 9.17) is 0 Å². The van der Waals surface area contributed by atoms with Crippen LogP contribution in [0.15, 0.2) is 48.7 Å². The maximum atomic E-state index is 4.00. The standard InChI is InChI=1S/C10H8N2.K.H/c1-2-5-9(6-3-1)10-7-4-8-11-12-10;;/h1-8H;;. The van der Waals surface area contributed by atoms with Gasteiger partial charge in [-0.3, -0.25) is 0 Å². The fourth-order valence-electron chi connectivity index (χ4n) is 1.06. The average molecular weight is 196 g/mol. The Balaban J connectivity index is 0.000000845. The third-order valence-electron chi connectivity index (χ3n) is 1.64. The van der Waals surface area contributed by atoms with Crippen molar-refractivity contribution in [2.75, 3.05) is 0 Å². The van der Waals surface area contributed by atoms with Gasteiger partial charge in [-0.25, -0.2) is 0 Å². The second-order valence-electron chi connectivity index (χ2n) is 2.47. The molecule has 0 spiro atoms. The fraction of sp³-hybridized carbons (Fsp3) is 0. The van der Waals surface area contributed by atoms with E-state index in [1.807, 2.05) is 42.5 Å². The molecule has 0 N–H and O–H groups in total. The van der Waals surface area contributed by atoms with Crippen LogP contribution in [0.4, 0.5) is 0 Å². The molecule has 0 aliphatic carbocycles. The van der Waals surface area contributed by atoms with Crippen LogP contribution in [0, 0.1) is 0 Å². The SMILES string of the molecule is [KH].c1ccc(-c2cccnn2)cc1. The molecular weight excluding hydrogens is 187 g/mol. The molecule has 0 unspecified atom stereocenters. The second-order valence-corrected chi connectivity index (χ2v) is 2.47. The molecular formula is C10H9KN2. The molecule has 0 fully saturated rings. The van der Waals surface area contributed by atoms with Gasteiger partial charge in [0.1, 0.15) is 0 Å². The molecule has 3 heteroatoms. The van der Waals surface area contributed by atoms with Crippen molar-refractivity contribution in [3.05, 3.63) is 48.7 Å². The maximum Gasteiger partial charge on any atom is 0.0929 e. The van der Waals surface area contributed by atoms with Crippen molar-refractivity contribution in [3.63, 3.8) is 0 Å². The molecule has 2 nitrogen and oxygen atoms in total. The molecule has 0 radical (unpaired) electrons. The summed E-state index contributed by atoms with van der Waals surface area (Å²) in [6, 6.07) is 13.8. The van der Waals surface area contributed by atoms with Crippen LogP contribution in [0.3, 0.4) is 0 Å². The number of rotatable bonds is 1. The van der Waals surface area contributed by atoms with Gasteiger partial charge in [0.25, 0.3) is 0 Å². The van der Waals surface area contributed by atoms with E-state index in [2.05, 4.69) is 10.2 Å². The summed E-state index contributed by atoms with van der Waals surface area (Å²) < 4.78 is 0. The van der Waals surface area contributed by atoms with E-state index in [0.29, 0.717) is 0 Å². The second kappa shape index (κ2) is 5.62. The van der Waals surface area contributed by atoms with E-state index in [1.165, 1.54) is 0 Å². The molecule has 0 amide bonds. The van der Waals surface area contributed by atoms with Gasteiger partial charge in [-0.1, -0.05) is 30.3 Å². The zero-order chi connectivity index (χ0) is 8.23. The fourth-order valence-corrected chi connectivity index (χ4v) is 1.06. The molecule has 0 aliphatic rings. The topological polar surface area (TPSA) is 25.8 Å². The third-order valence-corrected chi connectivity index (χ3v) is 1.64. The van der Waals surface area contributed by atoms with Gasteiger partial charge in [0.05, 0.1) is 5.69 Å². The summed E-state index contributed by atoms with van der Waals surface area (Å²) in [5.41, 5.74) is 2.02. The predicted molar refractivity (Wildman–Crippen MR) is 54.6 cm³/mol. The molecule has 0 bridgehead atoms. The molecule has 2 aromatic rings. The Bertz CT molecular complexity index is 310. The van der Waals surface area contributed by atoms with Crippen molar-refractivity contribution in [2.45, 2.75) is 0 Å². The molecule has 0 saturated carbocycles. The van der Waals surface area contributed by atoms with Crippen molar-refractivity contribution in [3.8, 4) is 11.3 Å². The van der Waals surface area contributed by atoms with Crippen LogP contribution in [0.25, 0.3) is 11.3 Å². The van der Waals surface area contributed by atoms with Gasteiger partial charge in [-0.2, -0.15) is 10.2 Å². The first-order valence-corrected chi connectivity index (χ1v) is 3.80. The van der Waals surface area contributed by atoms with E-state index in [9.17, 15) is 0 Å². The first-order valence-electron chi connectivity index (χ1n) is 3.80. The number of benzene rings is 1. The van der Waals surface area contributed by atoms with E-state index in [0.717, 1.165) is 11.3 Å². The summed E-state index contributed by atoms with van der Waals surface area (Å²) in [7, 11) is 0. The summed E-state index contributed by atoms with van der Waals surface area (Å²) >= 11 is 0. The molecule has 0 aliphatic heterocycles. The summed E-state index contributed by atoms with van der Waals surface area (Å²) in [4.78, 5) is 0. The molecule has 13 heavy (non-hydrogen) atoms. The van der Waals surface area contributed by atoms with E-state index >= 15 is 0 Å². The molecule has 0 saturated heterocycles. The van der Waals surface area contributed by atoms with Crippen LogP contribution in [-0.4, -0.2) is 61.6 Å². The first-order chi connectivity index (χ1) is 5.97. The minimum atomic E-state index is 0. The van der Waals surface area contributed by atoms with Crippen LogP contribution in [0.1, 0.15) is 0 Å². The average Bonchev–Trinajstić information content (AvgIpc) is 2.21. The van der Waals surface area contributed by atoms with Crippen molar-refractivity contribution in [1.29, 1.82) is 0 Å². The van der Waals surface area contributed by atoms with Gasteiger partial charge < -0.3 is 0 Å². The van der Waals surface area contributed by atoms with Crippen LogP contribution >= 0.6 is 0 Å². The minimum absolute atomic E-state index is 0. The van der Waals surface area contributed by atoms with Gasteiger partial charge in [0.15, 0.2) is 0 Å². The van der Waals surface area contributed by atoms with Gasteiger partial charge in [0.2, 0.25) is 0 Å². The molecule has 1 aromatic carbocycles. The normalized spacial score (nSPS) is 8.92. The monoisotopic (exact) mass is 196 g/mol. The minimum Gasteiger partial charge on any atom is -0.159 e. The number of hydrogen-bond donors (Lipinski definition) is 0. The van der Waals surface area contributed by atoms with Crippen LogP contribution in [-0.2, 0) is 0 Å². The Morgan fingerprint density at radius 2 is 1.62 bits per heavy atom. The van der Waals surface area contributed by atoms with Crippen molar-refractivity contribution < 1.29 is 0 Å². The number of nitrogens with zero attached hydrogens (tertiary/aromatic N) is 2. The quantitative estimate of drug-likeness (QED) is 0.646. The molecule has 60 valence electrons. The maximum absolute atomic E-state index is 4.00. The van der Waals surface area contributed by atoms with Crippen molar-refractivity contribution >= 4 is 51.4 Å². The van der Waals surface area contributed by atoms with E-state index in [1.54, 1.807) is 6.20 Å². The number of hydrogen-bond acceptors (Lipinski definition) is 2. The van der Waals surface area contributed by atoms with Gasteiger partial charge in [0, 0.05) is 11.8 Å². The zero-order valence-corrected chi connectivity index (χ0v) is 6.51. The summed E-state index contributed by atoms with van der Waals surface area (Å²) in [6.45, 7) is 0. The van der Waals surface area contributed by atoms with Gasteiger partial charge in [-0.05, 0) is 12.1 Å². The van der Waals surface area contributed by atoms with Crippen molar-refractivity contribution in [1.82, 2.24) is 10.2 Å². The molecule has 0 atom stereocenters. The van der Waals surface area contributed by atoms with Crippen LogP contribution in [0.2, 0.25) is 0 Å². The molecule has 2 rings (SSSR count). The van der Waals surface area contributed by atoms with Gasteiger partial charge >= 0.3 is 51.4 Å². The van der Waals surface area contributed by atoms with E-state index < -0.39 is 0 Å². The van der Waals surface area contributed by atoms with Crippen LogP contribution in [0.5, 0.6) is 0 Å². The Morgan fingerprint density at radius 3 is 2.23 bits per heavy atom. The smallest absolute Gasteiger partial charge is 0.0929 e. The van der Waals surface area contributed by atoms with Crippen LogP contribution < -0.4 is 0 Å². The number of aromatic nitrogens is 2.